The van der Waals surface area contributed by atoms with Gasteiger partial charge in [-0.1, -0.05) is 53.7 Å². The summed E-state index contributed by atoms with van der Waals surface area (Å²) in [5.41, 5.74) is 4.93. The molecule has 2 aromatic carbocycles. The molecule has 0 spiro atoms. The maximum absolute atomic E-state index is 12.4. The molecular formula is C24H20N4O3S. The minimum absolute atomic E-state index is 0.0166. The number of aliphatic hydroxyl groups is 1. The molecule has 1 N–H and O–H groups in total. The van der Waals surface area contributed by atoms with E-state index in [0.29, 0.717) is 30.4 Å². The highest BCUT2D eigenvalue weighted by Gasteiger charge is 2.46. The van der Waals surface area contributed by atoms with Gasteiger partial charge in [0.15, 0.2) is 0 Å². The van der Waals surface area contributed by atoms with Crippen molar-refractivity contribution in [2.75, 3.05) is 13.2 Å². The van der Waals surface area contributed by atoms with E-state index in [9.17, 15) is 9.90 Å². The number of amides is 1. The fraction of sp³-hybridized carbons (Fsp3) is 0.250. The Morgan fingerprint density at radius 1 is 1.09 bits per heavy atom. The summed E-state index contributed by atoms with van der Waals surface area (Å²) in [7, 11) is 0. The summed E-state index contributed by atoms with van der Waals surface area (Å²) in [6.45, 7) is 0.334. The molecule has 3 heterocycles. The zero-order valence-electron chi connectivity index (χ0n) is 17.1. The second-order valence-corrected chi connectivity index (χ2v) is 8.98. The fourth-order valence-electron chi connectivity index (χ4n) is 4.94. The maximum atomic E-state index is 12.4. The van der Waals surface area contributed by atoms with Gasteiger partial charge in [-0.25, -0.2) is 4.98 Å². The number of fused-ring (bicyclic) bond motifs is 3. The van der Waals surface area contributed by atoms with Gasteiger partial charge in [0.2, 0.25) is 11.7 Å². The van der Waals surface area contributed by atoms with Crippen LogP contribution in [-0.2, 0) is 11.2 Å². The largest absolute Gasteiger partial charge is 0.395 e. The van der Waals surface area contributed by atoms with Gasteiger partial charge in [0.25, 0.3) is 5.89 Å². The number of aliphatic hydroxyl groups excluding tert-OH is 1. The first kappa shape index (κ1) is 19.3. The number of carbonyl (C=O) groups is 1. The van der Waals surface area contributed by atoms with Crippen LogP contribution >= 0.6 is 11.3 Å². The van der Waals surface area contributed by atoms with Crippen LogP contribution in [-0.4, -0.2) is 44.2 Å². The summed E-state index contributed by atoms with van der Waals surface area (Å²) < 4.78 is 5.57. The predicted octanol–water partition coefficient (Wildman–Crippen LogP) is 3.97. The standard InChI is InChI=1S/C24H20N4O3S/c29-10-9-28-20(30)12-15-11-18-16(21(15)28)7-4-8-17(18)22-26-23(31-27-22)19-13-32-24(25-19)14-5-2-1-3-6-14/h1-8,13,15,21,29H,9-12H2/t15-,21+/m1/s1. The van der Waals surface area contributed by atoms with Crippen molar-refractivity contribution in [2.45, 2.75) is 18.9 Å². The molecular weight excluding hydrogens is 424 g/mol. The molecule has 1 aliphatic carbocycles. The molecule has 0 saturated carbocycles. The highest BCUT2D eigenvalue weighted by Crippen LogP contribution is 2.49. The quantitative estimate of drug-likeness (QED) is 0.501. The molecule has 7 nitrogen and oxygen atoms in total. The monoisotopic (exact) mass is 444 g/mol. The molecule has 2 aromatic heterocycles. The van der Waals surface area contributed by atoms with Crippen molar-refractivity contribution in [1.82, 2.24) is 20.0 Å². The first-order valence-corrected chi connectivity index (χ1v) is 11.5. The van der Waals surface area contributed by atoms with E-state index >= 15 is 0 Å². The van der Waals surface area contributed by atoms with Crippen LogP contribution in [0.1, 0.15) is 23.6 Å². The summed E-state index contributed by atoms with van der Waals surface area (Å²) in [4.78, 5) is 23.5. The summed E-state index contributed by atoms with van der Waals surface area (Å²) in [6.07, 6.45) is 1.31. The third-order valence-electron chi connectivity index (χ3n) is 6.29. The number of benzene rings is 2. The highest BCUT2D eigenvalue weighted by molar-refractivity contribution is 7.13. The third kappa shape index (κ3) is 3.06. The highest BCUT2D eigenvalue weighted by atomic mass is 32.1. The van der Waals surface area contributed by atoms with Crippen molar-refractivity contribution in [2.24, 2.45) is 5.92 Å². The van der Waals surface area contributed by atoms with Crippen molar-refractivity contribution in [3.63, 3.8) is 0 Å². The number of β-amino-alcohol motifs (C(OH)–C–C–N with tert-alkyl or cyclic N) is 1. The van der Waals surface area contributed by atoms with Crippen LogP contribution in [0.5, 0.6) is 0 Å². The molecule has 6 rings (SSSR count). The lowest BCUT2D eigenvalue weighted by atomic mass is 10.0. The smallest absolute Gasteiger partial charge is 0.277 e. The van der Waals surface area contributed by atoms with Gasteiger partial charge in [-0.15, -0.1) is 11.3 Å². The van der Waals surface area contributed by atoms with E-state index in [1.807, 2.05) is 52.7 Å². The number of hydrogen-bond donors (Lipinski definition) is 1. The molecule has 1 fully saturated rings. The molecule has 8 heteroatoms. The molecule has 1 amide bonds. The van der Waals surface area contributed by atoms with Crippen LogP contribution in [0.15, 0.2) is 58.4 Å². The molecule has 0 radical (unpaired) electrons. The van der Waals surface area contributed by atoms with E-state index in [-0.39, 0.29) is 24.5 Å². The number of hydrogen-bond acceptors (Lipinski definition) is 7. The summed E-state index contributed by atoms with van der Waals surface area (Å²) in [5, 5.41) is 16.5. The van der Waals surface area contributed by atoms with E-state index in [1.165, 1.54) is 0 Å². The number of aromatic nitrogens is 3. The van der Waals surface area contributed by atoms with E-state index in [4.69, 9.17) is 4.52 Å². The van der Waals surface area contributed by atoms with E-state index in [1.54, 1.807) is 11.3 Å². The van der Waals surface area contributed by atoms with Crippen LogP contribution in [0, 0.1) is 5.92 Å². The molecule has 1 saturated heterocycles. The Kier molecular flexibility index (Phi) is 4.62. The summed E-state index contributed by atoms with van der Waals surface area (Å²) in [6, 6.07) is 16.1. The Labute approximate surface area is 188 Å². The first-order chi connectivity index (χ1) is 15.7. The average molecular weight is 445 g/mol. The lowest BCUT2D eigenvalue weighted by molar-refractivity contribution is -0.129. The molecule has 2 atom stereocenters. The Balaban J connectivity index is 1.33. The number of likely N-dealkylation sites (tertiary alicyclic amines) is 1. The normalized spacial score (nSPS) is 19.4. The van der Waals surface area contributed by atoms with Gasteiger partial charge >= 0.3 is 0 Å². The Hall–Kier alpha value is -3.36. The molecule has 160 valence electrons. The fourth-order valence-corrected chi connectivity index (χ4v) is 5.74. The van der Waals surface area contributed by atoms with Crippen LogP contribution in [0.3, 0.4) is 0 Å². The van der Waals surface area contributed by atoms with Gasteiger partial charge in [0.05, 0.1) is 12.6 Å². The molecule has 0 bridgehead atoms. The minimum atomic E-state index is -0.0310. The van der Waals surface area contributed by atoms with Crippen molar-refractivity contribution in [3.05, 3.63) is 65.0 Å². The predicted molar refractivity (Wildman–Crippen MR) is 120 cm³/mol. The SMILES string of the molecule is O=C1C[C@H]2Cc3c(-c4noc(-c5csc(-c6ccccc6)n5)n4)cccc3[C@H]2N1CCO. The van der Waals surface area contributed by atoms with E-state index in [0.717, 1.165) is 33.7 Å². The molecule has 2 aliphatic rings. The van der Waals surface area contributed by atoms with Crippen LogP contribution < -0.4 is 0 Å². The number of rotatable bonds is 5. The van der Waals surface area contributed by atoms with E-state index in [2.05, 4.69) is 21.2 Å². The summed E-state index contributed by atoms with van der Waals surface area (Å²) >= 11 is 1.54. The second kappa shape index (κ2) is 7.65. The summed E-state index contributed by atoms with van der Waals surface area (Å²) in [5.74, 6) is 1.27. The number of nitrogens with zero attached hydrogens (tertiary/aromatic N) is 4. The van der Waals surface area contributed by atoms with Crippen molar-refractivity contribution in [1.29, 1.82) is 0 Å². The van der Waals surface area contributed by atoms with Crippen LogP contribution in [0.2, 0.25) is 0 Å². The lowest BCUT2D eigenvalue weighted by Crippen LogP contribution is -2.30. The van der Waals surface area contributed by atoms with Crippen LogP contribution in [0.4, 0.5) is 0 Å². The van der Waals surface area contributed by atoms with Crippen molar-refractivity contribution >= 4 is 17.2 Å². The average Bonchev–Trinajstić information content (AvgIpc) is 3.59. The van der Waals surface area contributed by atoms with Gasteiger partial charge in [-0.3, -0.25) is 4.79 Å². The van der Waals surface area contributed by atoms with Crippen molar-refractivity contribution < 1.29 is 14.4 Å². The molecule has 32 heavy (non-hydrogen) atoms. The number of thiazole rings is 1. The van der Waals surface area contributed by atoms with E-state index < -0.39 is 0 Å². The maximum Gasteiger partial charge on any atom is 0.277 e. The third-order valence-corrected chi connectivity index (χ3v) is 7.18. The molecule has 1 aliphatic heterocycles. The lowest BCUT2D eigenvalue weighted by Gasteiger charge is -2.24. The molecule has 0 unspecified atom stereocenters. The van der Waals surface area contributed by atoms with Crippen molar-refractivity contribution in [3.8, 4) is 33.5 Å². The minimum Gasteiger partial charge on any atom is -0.395 e. The second-order valence-electron chi connectivity index (χ2n) is 8.12. The van der Waals surface area contributed by atoms with Gasteiger partial charge in [-0.05, 0) is 23.5 Å². The Morgan fingerprint density at radius 3 is 2.81 bits per heavy atom. The topological polar surface area (TPSA) is 92.3 Å². The van der Waals surface area contributed by atoms with Gasteiger partial charge in [-0.2, -0.15) is 4.98 Å². The zero-order valence-corrected chi connectivity index (χ0v) is 18.0. The van der Waals surface area contributed by atoms with Crippen LogP contribution in [0.25, 0.3) is 33.5 Å². The Morgan fingerprint density at radius 2 is 1.97 bits per heavy atom. The Bertz CT molecular complexity index is 1300. The first-order valence-electron chi connectivity index (χ1n) is 10.6. The number of carbonyl (C=O) groups excluding carboxylic acids is 1. The van der Waals surface area contributed by atoms with Gasteiger partial charge < -0.3 is 14.5 Å². The molecule has 4 aromatic rings. The van der Waals surface area contributed by atoms with Gasteiger partial charge in [0, 0.05) is 29.5 Å². The zero-order chi connectivity index (χ0) is 21.7. The van der Waals surface area contributed by atoms with Gasteiger partial charge in [0.1, 0.15) is 10.7 Å².